The molecule has 0 aromatic heterocycles. The summed E-state index contributed by atoms with van der Waals surface area (Å²) in [6.45, 7) is 0. The van der Waals surface area contributed by atoms with Crippen molar-refractivity contribution in [3.63, 3.8) is 0 Å². The van der Waals surface area contributed by atoms with Crippen molar-refractivity contribution in [3.05, 3.63) is 34.4 Å². The van der Waals surface area contributed by atoms with Crippen molar-refractivity contribution < 1.29 is 29.7 Å². The summed E-state index contributed by atoms with van der Waals surface area (Å²) in [6.07, 6.45) is 0. The number of nitro benzene ring substituents is 1. The van der Waals surface area contributed by atoms with Crippen LogP contribution in [0.2, 0.25) is 0 Å². The number of halogens is 2. The van der Waals surface area contributed by atoms with E-state index < -0.39 is 4.92 Å². The van der Waals surface area contributed by atoms with Crippen LogP contribution in [-0.4, -0.2) is 29.6 Å². The van der Waals surface area contributed by atoms with Gasteiger partial charge in [0.2, 0.25) is 0 Å². The summed E-state index contributed by atoms with van der Waals surface area (Å²) in [6, 6.07) is 6.59. The number of nitro groups is 1. The predicted octanol–water partition coefficient (Wildman–Crippen LogP) is -5.60. The third-order valence-electron chi connectivity index (χ3n) is 1.06. The van der Waals surface area contributed by atoms with E-state index in [0.29, 0.717) is 0 Å². The Morgan fingerprint density at radius 2 is 1.58 bits per heavy atom. The van der Waals surface area contributed by atoms with Gasteiger partial charge in [0.05, 0.1) is 0 Å². The van der Waals surface area contributed by atoms with Crippen LogP contribution in [0.1, 0.15) is 0 Å². The van der Waals surface area contributed by atoms with E-state index in [0.717, 1.165) is 28.0 Å². The molecule has 3 nitrogen and oxygen atoms in total. The van der Waals surface area contributed by atoms with Crippen molar-refractivity contribution in [1.29, 1.82) is 0 Å². The Hall–Kier alpha value is 0.0831. The maximum Gasteiger partial charge on any atom is -1.00 e. The first-order chi connectivity index (χ1) is 4.70. The second-order valence-electron chi connectivity index (χ2n) is 1.77. The fraction of sp³-hybridized carbons (Fsp3) is 0. The molecule has 0 unspecified atom stereocenters. The number of benzene rings is 1. The van der Waals surface area contributed by atoms with Gasteiger partial charge in [-0.15, -0.1) is 0 Å². The maximum atomic E-state index is 10.1. The summed E-state index contributed by atoms with van der Waals surface area (Å²) in [4.78, 5) is 9.74. The first-order valence-electron chi connectivity index (χ1n) is 2.63. The summed E-state index contributed by atoms with van der Waals surface area (Å²) in [5, 5.41) is 10.1. The largest absolute Gasteiger partial charge is 1.00 e. The molecule has 0 spiro atoms. The molecule has 0 bridgehead atoms. The minimum absolute atomic E-state index is 0. The van der Waals surface area contributed by atoms with Crippen LogP contribution in [0.25, 0.3) is 0 Å². The molecule has 0 saturated heterocycles. The SMILES string of the molecule is O=[N+]([O-])c1cc[c]([Bi])cc1.[Cl-].[Cl-]. The van der Waals surface area contributed by atoms with E-state index in [9.17, 15) is 10.1 Å². The van der Waals surface area contributed by atoms with Crippen LogP contribution in [0.5, 0.6) is 0 Å². The number of hydrogen-bond donors (Lipinski definition) is 0. The quantitative estimate of drug-likeness (QED) is 0.267. The van der Waals surface area contributed by atoms with Crippen LogP contribution in [0.4, 0.5) is 5.69 Å². The molecule has 0 fully saturated rings. The van der Waals surface area contributed by atoms with Gasteiger partial charge in [0.1, 0.15) is 0 Å². The number of rotatable bonds is 1. The first kappa shape index (κ1) is 14.6. The third-order valence-corrected chi connectivity index (χ3v) is 2.22. The zero-order chi connectivity index (χ0) is 7.56. The van der Waals surface area contributed by atoms with Gasteiger partial charge in [-0.2, -0.15) is 0 Å². The molecule has 1 aromatic carbocycles. The minimum atomic E-state index is -0.391. The molecule has 1 aromatic rings. The van der Waals surface area contributed by atoms with Gasteiger partial charge in [-0.05, 0) is 0 Å². The average Bonchev–Trinajstić information content (AvgIpc) is 1.88. The van der Waals surface area contributed by atoms with Gasteiger partial charge in [0.25, 0.3) is 0 Å². The topological polar surface area (TPSA) is 43.1 Å². The fourth-order valence-electron chi connectivity index (χ4n) is 0.574. The molecule has 1 rings (SSSR count). The second-order valence-corrected chi connectivity index (χ2v) is 3.78. The predicted molar refractivity (Wildman–Crippen MR) is 38.5 cm³/mol. The van der Waals surface area contributed by atoms with E-state index in [2.05, 4.69) is 0 Å². The Morgan fingerprint density at radius 1 is 1.17 bits per heavy atom. The van der Waals surface area contributed by atoms with Crippen LogP contribution in [-0.2, 0) is 0 Å². The zero-order valence-electron chi connectivity index (χ0n) is 5.78. The van der Waals surface area contributed by atoms with Crippen LogP contribution in [0, 0.1) is 10.1 Å². The van der Waals surface area contributed by atoms with E-state index in [-0.39, 0.29) is 30.5 Å². The smallest absolute Gasteiger partial charge is 1.00 e. The van der Waals surface area contributed by atoms with Crippen LogP contribution < -0.4 is 28.1 Å². The fourth-order valence-corrected chi connectivity index (χ4v) is 1.15. The molecule has 0 atom stereocenters. The summed E-state index contributed by atoms with van der Waals surface area (Å²) in [5.41, 5.74) is 0.162. The minimum Gasteiger partial charge on any atom is -1.00 e. The summed E-state index contributed by atoms with van der Waals surface area (Å²) >= 11 is 1.13. The molecule has 0 aliphatic heterocycles. The van der Waals surface area contributed by atoms with Gasteiger partial charge >= 0.3 is 73.0 Å². The molecule has 66 valence electrons. The Labute approximate surface area is 97.4 Å². The van der Waals surface area contributed by atoms with Crippen molar-refractivity contribution in [3.8, 4) is 0 Å². The molecule has 0 amide bonds. The molecule has 0 heterocycles. The Bertz CT molecular complexity index is 252. The van der Waals surface area contributed by atoms with Gasteiger partial charge in [-0.3, -0.25) is 0 Å². The second kappa shape index (κ2) is 6.58. The van der Waals surface area contributed by atoms with Crippen molar-refractivity contribution in [2.45, 2.75) is 0 Å². The summed E-state index contributed by atoms with van der Waals surface area (Å²) < 4.78 is 1.14. The summed E-state index contributed by atoms with van der Waals surface area (Å²) in [5.74, 6) is 0. The van der Waals surface area contributed by atoms with E-state index in [1.165, 1.54) is 12.1 Å². The van der Waals surface area contributed by atoms with Gasteiger partial charge in [-0.1, -0.05) is 0 Å². The molecule has 2 radical (unpaired) electrons. The normalized spacial score (nSPS) is 7.75. The van der Waals surface area contributed by atoms with Crippen LogP contribution in [0.3, 0.4) is 0 Å². The number of nitrogens with zero attached hydrogens (tertiary/aromatic N) is 1. The number of non-ortho nitro benzene ring substituents is 1. The molecule has 12 heavy (non-hydrogen) atoms. The molecule has 0 saturated carbocycles. The van der Waals surface area contributed by atoms with Gasteiger partial charge in [-0.25, -0.2) is 0 Å². The summed E-state index contributed by atoms with van der Waals surface area (Å²) in [7, 11) is 0. The van der Waals surface area contributed by atoms with Crippen molar-refractivity contribution in [2.24, 2.45) is 0 Å². The van der Waals surface area contributed by atoms with Gasteiger partial charge in [0, 0.05) is 0 Å². The Balaban J connectivity index is 0. The molecule has 6 heteroatoms. The van der Waals surface area contributed by atoms with Crippen molar-refractivity contribution in [1.82, 2.24) is 0 Å². The Morgan fingerprint density at radius 3 is 1.92 bits per heavy atom. The molecular formula is C6H4BiCl2NO2-2. The zero-order valence-corrected chi connectivity index (χ0v) is 10.8. The molecule has 0 N–H and O–H groups in total. The van der Waals surface area contributed by atoms with E-state index >= 15 is 0 Å². The van der Waals surface area contributed by atoms with Crippen molar-refractivity contribution >= 4 is 33.7 Å². The van der Waals surface area contributed by atoms with Gasteiger partial charge < -0.3 is 24.8 Å². The average molecular weight is 402 g/mol. The van der Waals surface area contributed by atoms with E-state index in [1.807, 2.05) is 0 Å². The molecule has 0 aliphatic carbocycles. The standard InChI is InChI=1S/C6H4NO2.Bi.2ClH/c8-7(9)6-4-2-1-3-5-6;;;/h2-5H;;2*1H/p-2. The molecule has 0 aliphatic rings. The monoisotopic (exact) mass is 401 g/mol. The third kappa shape index (κ3) is 4.19. The first-order valence-corrected chi connectivity index (χ1v) is 4.37. The van der Waals surface area contributed by atoms with Crippen LogP contribution >= 0.6 is 0 Å². The van der Waals surface area contributed by atoms with Crippen molar-refractivity contribution in [2.75, 3.05) is 0 Å². The molecular weight excluding hydrogens is 398 g/mol. The number of hydrogen-bond acceptors (Lipinski definition) is 2. The Kier molecular flexibility index (Phi) is 8.01. The van der Waals surface area contributed by atoms with Crippen LogP contribution in [0.15, 0.2) is 24.3 Å². The van der Waals surface area contributed by atoms with E-state index in [4.69, 9.17) is 0 Å². The maximum absolute atomic E-state index is 10.1. The van der Waals surface area contributed by atoms with E-state index in [1.54, 1.807) is 12.1 Å². The van der Waals surface area contributed by atoms with Gasteiger partial charge in [0.15, 0.2) is 0 Å².